The molecule has 1 amide bonds. The summed E-state index contributed by atoms with van der Waals surface area (Å²) in [6.45, 7) is 3.91. The topological polar surface area (TPSA) is 65.5 Å². The molecule has 5 aliphatic rings. The minimum Gasteiger partial charge on any atom is -0.390 e. The predicted molar refractivity (Wildman–Crippen MR) is 126 cm³/mol. The van der Waals surface area contributed by atoms with E-state index in [0.29, 0.717) is 18.3 Å². The lowest BCUT2D eigenvalue weighted by Gasteiger charge is -2.60. The molecule has 4 bridgehead atoms. The molecule has 176 valence electrons. The number of carbonyl (C=O) groups is 1. The van der Waals surface area contributed by atoms with Gasteiger partial charge >= 0.3 is 0 Å². The molecule has 1 saturated heterocycles. The molecule has 1 aromatic heterocycles. The third kappa shape index (κ3) is 3.90. The van der Waals surface area contributed by atoms with Crippen molar-refractivity contribution in [3.8, 4) is 0 Å². The normalized spacial score (nSPS) is 34.6. The molecule has 33 heavy (non-hydrogen) atoms. The molecule has 6 heteroatoms. The van der Waals surface area contributed by atoms with Gasteiger partial charge < -0.3 is 15.3 Å². The molecule has 2 aromatic rings. The van der Waals surface area contributed by atoms with Gasteiger partial charge in [-0.2, -0.15) is 0 Å². The van der Waals surface area contributed by atoms with Crippen molar-refractivity contribution in [3.63, 3.8) is 0 Å². The Bertz CT molecular complexity index is 1080. The van der Waals surface area contributed by atoms with Crippen molar-refractivity contribution in [2.75, 3.05) is 18.0 Å². The summed E-state index contributed by atoms with van der Waals surface area (Å²) in [4.78, 5) is 19.9. The van der Waals surface area contributed by atoms with E-state index in [1.165, 1.54) is 12.5 Å². The van der Waals surface area contributed by atoms with Crippen LogP contribution in [-0.4, -0.2) is 40.2 Å². The van der Waals surface area contributed by atoms with E-state index in [1.54, 1.807) is 18.3 Å². The summed E-state index contributed by atoms with van der Waals surface area (Å²) in [5.74, 6) is 1.03. The molecule has 5 fully saturated rings. The Balaban J connectivity index is 1.11. The first kappa shape index (κ1) is 21.3. The number of nitrogens with zero attached hydrogens (tertiary/aromatic N) is 2. The van der Waals surface area contributed by atoms with E-state index < -0.39 is 5.60 Å². The van der Waals surface area contributed by atoms with Gasteiger partial charge in [0.25, 0.3) is 0 Å². The van der Waals surface area contributed by atoms with Gasteiger partial charge in [0.1, 0.15) is 5.82 Å². The monoisotopic (exact) mass is 451 g/mol. The third-order valence-corrected chi connectivity index (χ3v) is 9.01. The van der Waals surface area contributed by atoms with Crippen molar-refractivity contribution in [3.05, 3.63) is 36.3 Å². The zero-order chi connectivity index (χ0) is 22.8. The van der Waals surface area contributed by atoms with Gasteiger partial charge in [-0.15, -0.1) is 0 Å². The Morgan fingerprint density at radius 3 is 2.61 bits per heavy atom. The van der Waals surface area contributed by atoms with Crippen molar-refractivity contribution < 1.29 is 14.3 Å². The molecular formula is C27H34FN3O2. The molecule has 7 rings (SSSR count). The highest BCUT2D eigenvalue weighted by molar-refractivity contribution is 5.91. The predicted octanol–water partition coefficient (Wildman–Crippen LogP) is 4.57. The average molecular weight is 452 g/mol. The first-order valence-electron chi connectivity index (χ1n) is 12.5. The van der Waals surface area contributed by atoms with Crippen LogP contribution >= 0.6 is 0 Å². The van der Waals surface area contributed by atoms with Crippen molar-refractivity contribution in [1.29, 1.82) is 0 Å². The first-order valence-corrected chi connectivity index (χ1v) is 12.5. The van der Waals surface area contributed by atoms with Crippen molar-refractivity contribution >= 4 is 22.5 Å². The molecule has 0 spiro atoms. The lowest BCUT2D eigenvalue weighted by molar-refractivity contribution is -0.151. The molecule has 4 saturated carbocycles. The van der Waals surface area contributed by atoms with Crippen molar-refractivity contribution in [1.82, 2.24) is 10.3 Å². The number of hydrogen-bond donors (Lipinski definition) is 2. The molecule has 1 aliphatic heterocycles. The molecule has 0 radical (unpaired) electrons. The number of fused-ring (bicyclic) bond motifs is 1. The Labute approximate surface area is 194 Å². The Morgan fingerprint density at radius 2 is 1.91 bits per heavy atom. The van der Waals surface area contributed by atoms with E-state index in [0.717, 1.165) is 74.6 Å². The van der Waals surface area contributed by atoms with Crippen LogP contribution in [0.5, 0.6) is 0 Å². The van der Waals surface area contributed by atoms with E-state index in [9.17, 15) is 14.3 Å². The van der Waals surface area contributed by atoms with E-state index in [2.05, 4.69) is 22.1 Å². The summed E-state index contributed by atoms with van der Waals surface area (Å²) in [7, 11) is 0. The Morgan fingerprint density at radius 1 is 1.18 bits per heavy atom. The van der Waals surface area contributed by atoms with E-state index in [4.69, 9.17) is 0 Å². The molecule has 2 N–H and O–H groups in total. The number of amides is 1. The number of carbonyl (C=O) groups excluding carboxylic acids is 1. The molecule has 4 aliphatic carbocycles. The second-order valence-corrected chi connectivity index (χ2v) is 12.0. The fourth-order valence-electron chi connectivity index (χ4n) is 7.93. The van der Waals surface area contributed by atoms with Gasteiger partial charge in [-0.05, 0) is 92.9 Å². The van der Waals surface area contributed by atoms with Gasteiger partial charge in [0.15, 0.2) is 0 Å². The standard InChI is InChI=1S/C27H34FN3O2/c1-25(16-24(32)30-26-12-18-10-19(13-26)15-27(33,14-18)17-26)5-8-31(9-6-25)23-4-7-29-22-3-2-20(28)11-21(22)23/h2-4,7,11,18-19,33H,5-6,8-10,12-17H2,1H3,(H,30,32)/t18-,19+,26?,27?. The number of nitrogens with one attached hydrogen (secondary N) is 1. The zero-order valence-corrected chi connectivity index (χ0v) is 19.4. The van der Waals surface area contributed by atoms with E-state index in [1.807, 2.05) is 6.07 Å². The van der Waals surface area contributed by atoms with Crippen LogP contribution in [0.1, 0.15) is 64.7 Å². The van der Waals surface area contributed by atoms with Crippen LogP contribution in [0.3, 0.4) is 0 Å². The van der Waals surface area contributed by atoms with Crippen molar-refractivity contribution in [2.45, 2.75) is 75.9 Å². The minimum atomic E-state index is -0.556. The van der Waals surface area contributed by atoms with Gasteiger partial charge in [0.2, 0.25) is 5.91 Å². The highest BCUT2D eigenvalue weighted by atomic mass is 19.1. The van der Waals surface area contributed by atoms with Crippen molar-refractivity contribution in [2.24, 2.45) is 17.3 Å². The second kappa shape index (κ2) is 7.39. The highest BCUT2D eigenvalue weighted by Gasteiger charge is 2.57. The minimum absolute atomic E-state index is 0.0478. The number of hydrogen-bond acceptors (Lipinski definition) is 4. The third-order valence-electron chi connectivity index (χ3n) is 9.01. The fourth-order valence-corrected chi connectivity index (χ4v) is 7.93. The maximum absolute atomic E-state index is 13.9. The SMILES string of the molecule is CC1(CC(=O)NC23C[C@@H]4C[C@@H](CC(O)(C4)C2)C3)CCN(c2ccnc3ccc(F)cc23)CC1. The Hall–Kier alpha value is -2.21. The molecule has 5 nitrogen and oxygen atoms in total. The van der Waals surface area contributed by atoms with Crippen LogP contribution < -0.4 is 10.2 Å². The number of piperidine rings is 1. The summed E-state index contributed by atoms with van der Waals surface area (Å²) < 4.78 is 13.9. The van der Waals surface area contributed by atoms with Gasteiger partial charge in [0.05, 0.1) is 11.1 Å². The number of halogens is 1. The molecule has 2 unspecified atom stereocenters. The highest BCUT2D eigenvalue weighted by Crippen LogP contribution is 2.57. The van der Waals surface area contributed by atoms with Crippen LogP contribution in [0.25, 0.3) is 10.9 Å². The molecule has 4 atom stereocenters. The summed E-state index contributed by atoms with van der Waals surface area (Å²) in [6, 6.07) is 6.72. The fraction of sp³-hybridized carbons (Fsp3) is 0.630. The average Bonchev–Trinajstić information content (AvgIpc) is 2.71. The largest absolute Gasteiger partial charge is 0.390 e. The van der Waals surface area contributed by atoms with Crippen LogP contribution in [0, 0.1) is 23.1 Å². The Kier molecular flexibility index (Phi) is 4.78. The maximum Gasteiger partial charge on any atom is 0.220 e. The van der Waals surface area contributed by atoms with Gasteiger partial charge in [-0.1, -0.05) is 6.92 Å². The molecule has 2 heterocycles. The van der Waals surface area contributed by atoms with Gasteiger partial charge in [0, 0.05) is 42.3 Å². The lowest BCUT2D eigenvalue weighted by atomic mass is 9.51. The van der Waals surface area contributed by atoms with Crippen LogP contribution in [-0.2, 0) is 4.79 Å². The second-order valence-electron chi connectivity index (χ2n) is 12.0. The summed E-state index contributed by atoms with van der Waals surface area (Å²) in [6.07, 6.45) is 10.0. The number of aromatic nitrogens is 1. The quantitative estimate of drug-likeness (QED) is 0.715. The summed E-state index contributed by atoms with van der Waals surface area (Å²) in [5.41, 5.74) is 1.03. The van der Waals surface area contributed by atoms with Gasteiger partial charge in [-0.3, -0.25) is 9.78 Å². The van der Waals surface area contributed by atoms with E-state index in [-0.39, 0.29) is 22.7 Å². The lowest BCUT2D eigenvalue weighted by Crippen LogP contribution is -2.65. The van der Waals surface area contributed by atoms with Crippen LogP contribution in [0.2, 0.25) is 0 Å². The first-order chi connectivity index (χ1) is 15.7. The van der Waals surface area contributed by atoms with Crippen LogP contribution in [0.4, 0.5) is 10.1 Å². The maximum atomic E-state index is 13.9. The number of benzene rings is 1. The number of rotatable bonds is 4. The molecular weight excluding hydrogens is 417 g/mol. The van der Waals surface area contributed by atoms with Gasteiger partial charge in [-0.25, -0.2) is 4.39 Å². The molecule has 1 aromatic carbocycles. The number of pyridine rings is 1. The van der Waals surface area contributed by atoms with Crippen LogP contribution in [0.15, 0.2) is 30.5 Å². The number of aliphatic hydroxyl groups is 1. The summed E-state index contributed by atoms with van der Waals surface area (Å²) >= 11 is 0. The smallest absolute Gasteiger partial charge is 0.220 e. The zero-order valence-electron chi connectivity index (χ0n) is 19.4. The number of anilines is 1. The summed E-state index contributed by atoms with van der Waals surface area (Å²) in [5, 5.41) is 15.3. The van der Waals surface area contributed by atoms with E-state index >= 15 is 0 Å².